The van der Waals surface area contributed by atoms with Gasteiger partial charge in [0.2, 0.25) is 10.0 Å². The second-order valence-corrected chi connectivity index (χ2v) is 8.89. The van der Waals surface area contributed by atoms with Crippen LogP contribution in [0.2, 0.25) is 0 Å². The molecule has 4 rings (SSSR count). The maximum absolute atomic E-state index is 12.2. The van der Waals surface area contributed by atoms with Crippen molar-refractivity contribution >= 4 is 15.8 Å². The fourth-order valence-corrected chi connectivity index (χ4v) is 3.89. The Kier molecular flexibility index (Phi) is 4.11. The molecule has 0 radical (unpaired) electrons. The predicted molar refractivity (Wildman–Crippen MR) is 107 cm³/mol. The lowest BCUT2D eigenvalue weighted by molar-refractivity contribution is 0.599. The van der Waals surface area contributed by atoms with Crippen LogP contribution in [0, 0.1) is 0 Å². The summed E-state index contributed by atoms with van der Waals surface area (Å²) in [5, 5.41) is 0. The molecule has 0 spiro atoms. The number of aromatic amines is 1. The number of nitrogens with one attached hydrogen (secondary N) is 1. The van der Waals surface area contributed by atoms with Crippen molar-refractivity contribution in [3.05, 3.63) is 66.2 Å². The fourth-order valence-electron chi connectivity index (χ4n) is 3.41. The standard InChI is InChI=1S/C21H22N2O2S/c1-23(26(2,24)25)21-19(16-13-14-16)18(15-9-5-3-6-10-15)20(22-21)17-11-7-4-8-12-17/h3-12,16,22H,13-14H2,1-2H3. The largest absolute Gasteiger partial charge is 0.340 e. The first-order valence-corrected chi connectivity index (χ1v) is 10.6. The van der Waals surface area contributed by atoms with Crippen molar-refractivity contribution in [3.8, 4) is 22.4 Å². The maximum Gasteiger partial charge on any atom is 0.233 e. The van der Waals surface area contributed by atoms with E-state index in [1.165, 1.54) is 10.6 Å². The van der Waals surface area contributed by atoms with Crippen LogP contribution in [0.5, 0.6) is 0 Å². The Morgan fingerprint density at radius 2 is 1.46 bits per heavy atom. The predicted octanol–water partition coefficient (Wildman–Crippen LogP) is 4.62. The molecule has 0 atom stereocenters. The molecule has 0 saturated heterocycles. The lowest BCUT2D eigenvalue weighted by Gasteiger charge is -2.17. The van der Waals surface area contributed by atoms with E-state index < -0.39 is 10.0 Å². The van der Waals surface area contributed by atoms with E-state index in [1.54, 1.807) is 7.05 Å². The van der Waals surface area contributed by atoms with Gasteiger partial charge in [0.15, 0.2) is 0 Å². The zero-order chi connectivity index (χ0) is 18.3. The number of hydrogen-bond acceptors (Lipinski definition) is 2. The highest BCUT2D eigenvalue weighted by atomic mass is 32.2. The second kappa shape index (κ2) is 6.32. The third-order valence-electron chi connectivity index (χ3n) is 4.94. The normalized spacial score (nSPS) is 14.4. The lowest BCUT2D eigenvalue weighted by Crippen LogP contribution is -2.26. The molecule has 1 heterocycles. The number of nitrogens with zero attached hydrogens (tertiary/aromatic N) is 1. The summed E-state index contributed by atoms with van der Waals surface area (Å²) in [6.45, 7) is 0. The summed E-state index contributed by atoms with van der Waals surface area (Å²) in [6, 6.07) is 20.3. The van der Waals surface area contributed by atoms with E-state index in [0.29, 0.717) is 11.7 Å². The fraction of sp³-hybridized carbons (Fsp3) is 0.238. The van der Waals surface area contributed by atoms with Crippen LogP contribution >= 0.6 is 0 Å². The zero-order valence-electron chi connectivity index (χ0n) is 14.9. The highest BCUT2D eigenvalue weighted by Gasteiger charge is 2.35. The van der Waals surface area contributed by atoms with Gasteiger partial charge >= 0.3 is 0 Å². The van der Waals surface area contributed by atoms with Gasteiger partial charge < -0.3 is 4.98 Å². The quantitative estimate of drug-likeness (QED) is 0.716. The van der Waals surface area contributed by atoms with E-state index in [2.05, 4.69) is 29.2 Å². The van der Waals surface area contributed by atoms with Crippen LogP contribution < -0.4 is 4.31 Å². The SMILES string of the molecule is CN(c1[nH]c(-c2ccccc2)c(-c2ccccc2)c1C1CC1)S(C)(=O)=O. The highest BCUT2D eigenvalue weighted by molar-refractivity contribution is 7.92. The molecule has 1 aromatic heterocycles. The molecule has 0 bridgehead atoms. The first-order chi connectivity index (χ1) is 12.5. The molecule has 0 unspecified atom stereocenters. The van der Waals surface area contributed by atoms with Gasteiger partial charge in [0.25, 0.3) is 0 Å². The number of sulfonamides is 1. The summed E-state index contributed by atoms with van der Waals surface area (Å²) in [6.07, 6.45) is 3.43. The van der Waals surface area contributed by atoms with Gasteiger partial charge in [-0.05, 0) is 29.9 Å². The van der Waals surface area contributed by atoms with Gasteiger partial charge in [-0.3, -0.25) is 4.31 Å². The summed E-state index contributed by atoms with van der Waals surface area (Å²) in [4.78, 5) is 3.44. The van der Waals surface area contributed by atoms with Crippen molar-refractivity contribution in [1.29, 1.82) is 0 Å². The Balaban J connectivity index is 2.02. The number of H-pyrrole nitrogens is 1. The Bertz CT molecular complexity index is 1020. The average Bonchev–Trinajstić information content (AvgIpc) is 3.41. The van der Waals surface area contributed by atoms with Gasteiger partial charge in [-0.25, -0.2) is 8.42 Å². The van der Waals surface area contributed by atoms with E-state index in [1.807, 2.05) is 36.4 Å². The number of rotatable bonds is 5. The third kappa shape index (κ3) is 3.03. The van der Waals surface area contributed by atoms with Gasteiger partial charge in [-0.1, -0.05) is 60.7 Å². The third-order valence-corrected chi connectivity index (χ3v) is 6.12. The summed E-state index contributed by atoms with van der Waals surface area (Å²) in [5.74, 6) is 1.09. The van der Waals surface area contributed by atoms with Gasteiger partial charge in [0, 0.05) is 18.2 Å². The van der Waals surface area contributed by atoms with Crippen LogP contribution in [-0.2, 0) is 10.0 Å². The van der Waals surface area contributed by atoms with Gasteiger partial charge in [-0.15, -0.1) is 0 Å². The van der Waals surface area contributed by atoms with Crippen molar-refractivity contribution in [2.24, 2.45) is 0 Å². The number of hydrogen-bond donors (Lipinski definition) is 1. The van der Waals surface area contributed by atoms with E-state index in [9.17, 15) is 8.42 Å². The minimum atomic E-state index is -3.35. The molecule has 1 aliphatic rings. The molecule has 26 heavy (non-hydrogen) atoms. The Morgan fingerprint density at radius 1 is 0.923 bits per heavy atom. The molecule has 3 aromatic rings. The first-order valence-electron chi connectivity index (χ1n) is 8.77. The average molecular weight is 366 g/mol. The number of anilines is 1. The van der Waals surface area contributed by atoms with E-state index >= 15 is 0 Å². The molecular weight excluding hydrogens is 344 g/mol. The molecule has 0 aliphatic heterocycles. The van der Waals surface area contributed by atoms with Crippen LogP contribution in [0.25, 0.3) is 22.4 Å². The molecule has 4 nitrogen and oxygen atoms in total. The van der Waals surface area contributed by atoms with Gasteiger partial charge in [-0.2, -0.15) is 0 Å². The minimum Gasteiger partial charge on any atom is -0.340 e. The smallest absolute Gasteiger partial charge is 0.233 e. The van der Waals surface area contributed by atoms with Crippen LogP contribution in [0.15, 0.2) is 60.7 Å². The summed E-state index contributed by atoms with van der Waals surface area (Å²) in [5.41, 5.74) is 5.37. The molecule has 1 aliphatic carbocycles. The van der Waals surface area contributed by atoms with E-state index in [0.717, 1.165) is 40.8 Å². The molecular formula is C21H22N2O2S. The van der Waals surface area contributed by atoms with Crippen molar-refractivity contribution in [2.75, 3.05) is 17.6 Å². The molecule has 5 heteroatoms. The van der Waals surface area contributed by atoms with Crippen molar-refractivity contribution in [1.82, 2.24) is 4.98 Å². The monoisotopic (exact) mass is 366 g/mol. The summed E-state index contributed by atoms with van der Waals surface area (Å²) < 4.78 is 25.8. The molecule has 2 aromatic carbocycles. The summed E-state index contributed by atoms with van der Waals surface area (Å²) >= 11 is 0. The van der Waals surface area contributed by atoms with Gasteiger partial charge in [0.1, 0.15) is 5.82 Å². The topological polar surface area (TPSA) is 53.2 Å². The molecule has 1 saturated carbocycles. The van der Waals surface area contributed by atoms with Crippen LogP contribution in [0.3, 0.4) is 0 Å². The zero-order valence-corrected chi connectivity index (χ0v) is 15.8. The van der Waals surface area contributed by atoms with Crippen LogP contribution in [-0.4, -0.2) is 26.7 Å². The van der Waals surface area contributed by atoms with Crippen molar-refractivity contribution in [2.45, 2.75) is 18.8 Å². The van der Waals surface area contributed by atoms with Crippen molar-refractivity contribution < 1.29 is 8.42 Å². The number of benzene rings is 2. The highest BCUT2D eigenvalue weighted by Crippen LogP contribution is 2.52. The van der Waals surface area contributed by atoms with Gasteiger partial charge in [0.05, 0.1) is 11.9 Å². The first kappa shape index (κ1) is 16.9. The summed E-state index contributed by atoms with van der Waals surface area (Å²) in [7, 11) is -1.73. The van der Waals surface area contributed by atoms with E-state index in [-0.39, 0.29) is 0 Å². The molecule has 134 valence electrons. The number of aromatic nitrogens is 1. The second-order valence-electron chi connectivity index (χ2n) is 6.87. The molecule has 0 amide bonds. The van der Waals surface area contributed by atoms with Crippen LogP contribution in [0.4, 0.5) is 5.82 Å². The van der Waals surface area contributed by atoms with Crippen molar-refractivity contribution in [3.63, 3.8) is 0 Å². The minimum absolute atomic E-state index is 0.401. The maximum atomic E-state index is 12.2. The Morgan fingerprint density at radius 3 is 1.96 bits per heavy atom. The van der Waals surface area contributed by atoms with Crippen LogP contribution in [0.1, 0.15) is 24.3 Å². The van der Waals surface area contributed by atoms with E-state index in [4.69, 9.17) is 0 Å². The molecule has 1 N–H and O–H groups in total. The Labute approximate surface area is 154 Å². The molecule has 1 fully saturated rings. The Hall–Kier alpha value is -2.53. The lowest BCUT2D eigenvalue weighted by atomic mass is 9.95.